The maximum atomic E-state index is 12.9. The highest BCUT2D eigenvalue weighted by Crippen LogP contribution is 2.27. The summed E-state index contributed by atoms with van der Waals surface area (Å²) in [5.74, 6) is 0.293. The smallest absolute Gasteiger partial charge is 0.324 e. The maximum Gasteiger partial charge on any atom is 0.324 e. The largest absolute Gasteiger partial charge is 0.489 e. The first-order chi connectivity index (χ1) is 17.1. The van der Waals surface area contributed by atoms with E-state index in [2.05, 4.69) is 12.1 Å². The Morgan fingerprint density at radius 2 is 1.58 bits per heavy atom. The van der Waals surface area contributed by atoms with Gasteiger partial charge in [0.05, 0.1) is 5.75 Å². The van der Waals surface area contributed by atoms with Crippen LogP contribution in [0, 0.1) is 0 Å². The van der Waals surface area contributed by atoms with Crippen molar-refractivity contribution >= 4 is 16.0 Å². The summed E-state index contributed by atoms with van der Waals surface area (Å²) in [4.78, 5) is 12.8. The van der Waals surface area contributed by atoms with Gasteiger partial charge in [0.2, 0.25) is 10.0 Å². The standard InChI is InChI=1S/C29H33NO5S/c1-29(2,3)35-28(31)27-13-8-18-36(32,33)30(27)20-22-9-7-10-23(19-22)21-34-26-16-14-25(15-17-26)24-11-5-4-6-12-24/h4-7,9-12,14-17,19,27H,8,13,18,20-21H2,1-3H3. The number of hydrogen-bond acceptors (Lipinski definition) is 5. The average molecular weight is 508 g/mol. The van der Waals surface area contributed by atoms with E-state index < -0.39 is 27.6 Å². The minimum absolute atomic E-state index is 0.0358. The van der Waals surface area contributed by atoms with Crippen molar-refractivity contribution in [2.45, 2.75) is 58.4 Å². The van der Waals surface area contributed by atoms with Crippen LogP contribution in [-0.2, 0) is 32.7 Å². The van der Waals surface area contributed by atoms with Gasteiger partial charge in [-0.2, -0.15) is 4.31 Å². The number of ether oxygens (including phenoxy) is 2. The van der Waals surface area contributed by atoms with Crippen molar-refractivity contribution < 1.29 is 22.7 Å². The lowest BCUT2D eigenvalue weighted by Gasteiger charge is -2.35. The fourth-order valence-electron chi connectivity index (χ4n) is 4.27. The van der Waals surface area contributed by atoms with E-state index >= 15 is 0 Å². The van der Waals surface area contributed by atoms with Crippen molar-refractivity contribution in [3.63, 3.8) is 0 Å². The molecule has 0 N–H and O–H groups in total. The molecule has 0 aromatic heterocycles. The summed E-state index contributed by atoms with van der Waals surface area (Å²) in [6.07, 6.45) is 0.898. The Morgan fingerprint density at radius 1 is 0.917 bits per heavy atom. The van der Waals surface area contributed by atoms with Gasteiger partial charge in [-0.25, -0.2) is 8.42 Å². The zero-order valence-electron chi connectivity index (χ0n) is 21.0. The summed E-state index contributed by atoms with van der Waals surface area (Å²) < 4.78 is 38.6. The van der Waals surface area contributed by atoms with Crippen LogP contribution < -0.4 is 4.74 Å². The number of rotatable bonds is 7. The molecule has 4 rings (SSSR count). The number of sulfonamides is 1. The SMILES string of the molecule is CC(C)(C)OC(=O)C1CCCS(=O)(=O)N1Cc1cccc(COc2ccc(-c3ccccc3)cc2)c1. The topological polar surface area (TPSA) is 72.9 Å². The summed E-state index contributed by atoms with van der Waals surface area (Å²) in [6.45, 7) is 5.81. The van der Waals surface area contributed by atoms with E-state index in [0.717, 1.165) is 28.0 Å². The molecule has 0 amide bonds. The van der Waals surface area contributed by atoms with Gasteiger partial charge in [-0.3, -0.25) is 4.79 Å². The lowest BCUT2D eigenvalue weighted by atomic mass is 10.1. The summed E-state index contributed by atoms with van der Waals surface area (Å²) >= 11 is 0. The molecule has 1 heterocycles. The number of benzene rings is 3. The summed E-state index contributed by atoms with van der Waals surface area (Å²) in [7, 11) is -3.57. The molecule has 1 fully saturated rings. The number of carbonyl (C=O) groups is 1. The van der Waals surface area contributed by atoms with Crippen molar-refractivity contribution in [2.75, 3.05) is 5.75 Å². The number of esters is 1. The second-order valence-corrected chi connectivity index (χ2v) is 12.1. The fourth-order valence-corrected chi connectivity index (χ4v) is 5.96. The number of hydrogen-bond donors (Lipinski definition) is 0. The van der Waals surface area contributed by atoms with Gasteiger partial charge in [0.1, 0.15) is 24.0 Å². The molecule has 3 aromatic carbocycles. The van der Waals surface area contributed by atoms with Gasteiger partial charge in [0, 0.05) is 6.54 Å². The van der Waals surface area contributed by atoms with E-state index in [0.29, 0.717) is 19.4 Å². The Balaban J connectivity index is 1.43. The highest BCUT2D eigenvalue weighted by atomic mass is 32.2. The first kappa shape index (κ1) is 25.9. The average Bonchev–Trinajstić information content (AvgIpc) is 2.84. The first-order valence-corrected chi connectivity index (χ1v) is 13.8. The Bertz CT molecular complexity index is 1280. The minimum atomic E-state index is -3.57. The molecule has 0 aliphatic carbocycles. The van der Waals surface area contributed by atoms with Crippen LogP contribution in [-0.4, -0.2) is 36.1 Å². The van der Waals surface area contributed by atoms with Crippen LogP contribution in [0.5, 0.6) is 5.75 Å². The first-order valence-electron chi connectivity index (χ1n) is 12.2. The monoisotopic (exact) mass is 507 g/mol. The van der Waals surface area contributed by atoms with Crippen molar-refractivity contribution in [2.24, 2.45) is 0 Å². The molecule has 6 nitrogen and oxygen atoms in total. The molecule has 1 aliphatic rings. The van der Waals surface area contributed by atoms with Crippen molar-refractivity contribution in [1.82, 2.24) is 4.31 Å². The van der Waals surface area contributed by atoms with E-state index in [4.69, 9.17) is 9.47 Å². The molecular weight excluding hydrogens is 474 g/mol. The quantitative estimate of drug-likeness (QED) is 0.391. The highest BCUT2D eigenvalue weighted by molar-refractivity contribution is 7.89. The van der Waals surface area contributed by atoms with Crippen LogP contribution in [0.4, 0.5) is 0 Å². The van der Waals surface area contributed by atoms with Gasteiger partial charge in [0.25, 0.3) is 0 Å². The predicted molar refractivity (Wildman–Crippen MR) is 141 cm³/mol. The molecule has 190 valence electrons. The molecule has 1 aliphatic heterocycles. The zero-order valence-corrected chi connectivity index (χ0v) is 21.8. The van der Waals surface area contributed by atoms with E-state index in [1.807, 2.05) is 66.7 Å². The molecule has 1 unspecified atom stereocenters. The summed E-state index contributed by atoms with van der Waals surface area (Å²) in [6, 6.07) is 24.9. The number of nitrogens with zero attached hydrogens (tertiary/aromatic N) is 1. The Labute approximate surface area is 213 Å². The van der Waals surface area contributed by atoms with Crippen LogP contribution in [0.25, 0.3) is 11.1 Å². The van der Waals surface area contributed by atoms with Gasteiger partial charge in [-0.15, -0.1) is 0 Å². The van der Waals surface area contributed by atoms with E-state index in [1.165, 1.54) is 4.31 Å². The number of carbonyl (C=O) groups excluding carboxylic acids is 1. The third-order valence-electron chi connectivity index (χ3n) is 5.96. The van der Waals surface area contributed by atoms with Crippen LogP contribution in [0.15, 0.2) is 78.9 Å². The minimum Gasteiger partial charge on any atom is -0.489 e. The Kier molecular flexibility index (Phi) is 7.81. The highest BCUT2D eigenvalue weighted by Gasteiger charge is 2.40. The molecule has 0 spiro atoms. The maximum absolute atomic E-state index is 12.9. The molecule has 0 bridgehead atoms. The third-order valence-corrected chi connectivity index (χ3v) is 7.86. The van der Waals surface area contributed by atoms with Crippen LogP contribution in [0.1, 0.15) is 44.7 Å². The fraction of sp³-hybridized carbons (Fsp3) is 0.345. The molecule has 1 saturated heterocycles. The second-order valence-electron chi connectivity index (χ2n) is 10.1. The van der Waals surface area contributed by atoms with Gasteiger partial charge >= 0.3 is 5.97 Å². The van der Waals surface area contributed by atoms with Gasteiger partial charge < -0.3 is 9.47 Å². The van der Waals surface area contributed by atoms with Crippen LogP contribution in [0.3, 0.4) is 0 Å². The molecule has 0 saturated carbocycles. The Morgan fingerprint density at radius 3 is 2.28 bits per heavy atom. The molecule has 7 heteroatoms. The second kappa shape index (κ2) is 10.8. The van der Waals surface area contributed by atoms with E-state index in [1.54, 1.807) is 20.8 Å². The predicted octanol–water partition coefficient (Wildman–Crippen LogP) is 5.57. The van der Waals surface area contributed by atoms with Gasteiger partial charge in [0.15, 0.2) is 0 Å². The lowest BCUT2D eigenvalue weighted by Crippen LogP contribution is -2.50. The van der Waals surface area contributed by atoms with Crippen molar-refractivity contribution in [3.8, 4) is 16.9 Å². The van der Waals surface area contributed by atoms with Crippen LogP contribution >= 0.6 is 0 Å². The molecule has 3 aromatic rings. The summed E-state index contributed by atoms with van der Waals surface area (Å²) in [5.41, 5.74) is 3.30. The van der Waals surface area contributed by atoms with E-state index in [-0.39, 0.29) is 12.3 Å². The molecule has 36 heavy (non-hydrogen) atoms. The van der Waals surface area contributed by atoms with Gasteiger partial charge in [-0.1, -0.05) is 66.7 Å². The van der Waals surface area contributed by atoms with Crippen molar-refractivity contribution in [1.29, 1.82) is 0 Å². The zero-order chi connectivity index (χ0) is 25.8. The van der Waals surface area contributed by atoms with Crippen LogP contribution in [0.2, 0.25) is 0 Å². The van der Waals surface area contributed by atoms with Crippen molar-refractivity contribution in [3.05, 3.63) is 90.0 Å². The molecule has 0 radical (unpaired) electrons. The Hall–Kier alpha value is -3.16. The lowest BCUT2D eigenvalue weighted by molar-refractivity contribution is -0.160. The van der Waals surface area contributed by atoms with E-state index in [9.17, 15) is 13.2 Å². The third kappa shape index (κ3) is 6.74. The van der Waals surface area contributed by atoms with Gasteiger partial charge in [-0.05, 0) is 68.0 Å². The molecular formula is C29H33NO5S. The summed E-state index contributed by atoms with van der Waals surface area (Å²) in [5, 5.41) is 0. The molecule has 1 atom stereocenters. The normalized spacial score (nSPS) is 17.9.